The van der Waals surface area contributed by atoms with Crippen LogP contribution in [0.2, 0.25) is 0 Å². The highest BCUT2D eigenvalue weighted by atomic mass is 16.5. The number of hydrogen-bond donors (Lipinski definition) is 1. The van der Waals surface area contributed by atoms with E-state index in [4.69, 9.17) is 10.5 Å². The fourth-order valence-electron chi connectivity index (χ4n) is 1.79. The fraction of sp³-hybridized carbons (Fsp3) is 0.357. The van der Waals surface area contributed by atoms with Crippen LogP contribution in [0.15, 0.2) is 36.8 Å². The Bertz CT molecular complexity index is 502. The number of rotatable bonds is 4. The molecule has 0 radical (unpaired) electrons. The average molecular weight is 245 g/mol. The SMILES string of the molecule is CC(C)Oc1ccc(C(N)c2cn(C)cn2)cc1. The molecule has 0 aliphatic rings. The van der Waals surface area contributed by atoms with Crippen molar-refractivity contribution >= 4 is 0 Å². The Labute approximate surface area is 107 Å². The van der Waals surface area contributed by atoms with Crippen LogP contribution in [0, 0.1) is 0 Å². The molecule has 18 heavy (non-hydrogen) atoms. The summed E-state index contributed by atoms with van der Waals surface area (Å²) in [6.45, 7) is 4.01. The Morgan fingerprint density at radius 3 is 2.39 bits per heavy atom. The van der Waals surface area contributed by atoms with Gasteiger partial charge in [0.25, 0.3) is 0 Å². The highest BCUT2D eigenvalue weighted by Gasteiger charge is 2.11. The Kier molecular flexibility index (Phi) is 3.67. The molecule has 0 fully saturated rings. The second kappa shape index (κ2) is 5.23. The molecule has 4 nitrogen and oxygen atoms in total. The third-order valence-corrected chi connectivity index (χ3v) is 2.65. The molecule has 4 heteroatoms. The van der Waals surface area contributed by atoms with Gasteiger partial charge in [-0.1, -0.05) is 12.1 Å². The third kappa shape index (κ3) is 2.90. The predicted molar refractivity (Wildman–Crippen MR) is 71.4 cm³/mol. The topological polar surface area (TPSA) is 53.1 Å². The molecule has 1 aromatic carbocycles. The Morgan fingerprint density at radius 2 is 1.89 bits per heavy atom. The maximum absolute atomic E-state index is 6.16. The lowest BCUT2D eigenvalue weighted by molar-refractivity contribution is 0.242. The van der Waals surface area contributed by atoms with Crippen LogP contribution in [0.5, 0.6) is 5.75 Å². The van der Waals surface area contributed by atoms with Gasteiger partial charge in [-0.25, -0.2) is 4.98 Å². The van der Waals surface area contributed by atoms with Crippen LogP contribution in [-0.4, -0.2) is 15.7 Å². The van der Waals surface area contributed by atoms with E-state index in [2.05, 4.69) is 4.98 Å². The van der Waals surface area contributed by atoms with Crippen LogP contribution in [0.4, 0.5) is 0 Å². The first-order chi connectivity index (χ1) is 8.56. The van der Waals surface area contributed by atoms with Gasteiger partial charge in [0.2, 0.25) is 0 Å². The smallest absolute Gasteiger partial charge is 0.119 e. The van der Waals surface area contributed by atoms with Gasteiger partial charge in [-0.15, -0.1) is 0 Å². The molecule has 2 aromatic rings. The van der Waals surface area contributed by atoms with Gasteiger partial charge in [0, 0.05) is 13.2 Å². The van der Waals surface area contributed by atoms with Crippen molar-refractivity contribution in [2.75, 3.05) is 0 Å². The highest BCUT2D eigenvalue weighted by Crippen LogP contribution is 2.21. The van der Waals surface area contributed by atoms with Crippen molar-refractivity contribution in [3.8, 4) is 5.75 Å². The van der Waals surface area contributed by atoms with Crippen molar-refractivity contribution in [3.63, 3.8) is 0 Å². The molecule has 2 rings (SSSR count). The number of aromatic nitrogens is 2. The summed E-state index contributed by atoms with van der Waals surface area (Å²) in [5.41, 5.74) is 8.07. The lowest BCUT2D eigenvalue weighted by Crippen LogP contribution is -2.12. The number of nitrogens with two attached hydrogens (primary N) is 1. The summed E-state index contributed by atoms with van der Waals surface area (Å²) in [6.07, 6.45) is 3.87. The van der Waals surface area contributed by atoms with E-state index in [1.54, 1.807) is 6.33 Å². The molecule has 0 bridgehead atoms. The summed E-state index contributed by atoms with van der Waals surface area (Å²) in [7, 11) is 1.93. The second-order valence-corrected chi connectivity index (χ2v) is 4.68. The maximum atomic E-state index is 6.16. The van der Waals surface area contributed by atoms with Crippen LogP contribution in [0.3, 0.4) is 0 Å². The summed E-state index contributed by atoms with van der Waals surface area (Å²) in [5, 5.41) is 0. The Morgan fingerprint density at radius 1 is 1.22 bits per heavy atom. The molecule has 0 spiro atoms. The number of benzene rings is 1. The van der Waals surface area contributed by atoms with E-state index in [0.29, 0.717) is 0 Å². The van der Waals surface area contributed by atoms with Crippen LogP contribution in [0.1, 0.15) is 31.1 Å². The zero-order valence-corrected chi connectivity index (χ0v) is 11.0. The van der Waals surface area contributed by atoms with Crippen LogP contribution < -0.4 is 10.5 Å². The first-order valence-electron chi connectivity index (χ1n) is 6.06. The number of imidazole rings is 1. The molecule has 2 N–H and O–H groups in total. The summed E-state index contributed by atoms with van der Waals surface area (Å²) in [4.78, 5) is 4.27. The summed E-state index contributed by atoms with van der Waals surface area (Å²) >= 11 is 0. The minimum absolute atomic E-state index is 0.181. The third-order valence-electron chi connectivity index (χ3n) is 2.65. The van der Waals surface area contributed by atoms with Gasteiger partial charge in [-0.2, -0.15) is 0 Å². The molecule has 1 atom stereocenters. The molecule has 96 valence electrons. The zero-order valence-electron chi connectivity index (χ0n) is 11.0. The number of nitrogens with zero attached hydrogens (tertiary/aromatic N) is 2. The van der Waals surface area contributed by atoms with Crippen LogP contribution in [-0.2, 0) is 7.05 Å². The first-order valence-corrected chi connectivity index (χ1v) is 6.06. The lowest BCUT2D eigenvalue weighted by atomic mass is 10.1. The van der Waals surface area contributed by atoms with Crippen molar-refractivity contribution < 1.29 is 4.74 Å². The number of ether oxygens (including phenoxy) is 1. The molecule has 0 aliphatic carbocycles. The molecular formula is C14H19N3O. The molecule has 0 aliphatic heterocycles. The van der Waals surface area contributed by atoms with E-state index in [1.807, 2.05) is 55.9 Å². The second-order valence-electron chi connectivity index (χ2n) is 4.68. The predicted octanol–water partition coefficient (Wildman–Crippen LogP) is 2.26. The molecule has 1 unspecified atom stereocenters. The molecule has 1 aromatic heterocycles. The number of aryl methyl sites for hydroxylation is 1. The van der Waals surface area contributed by atoms with Gasteiger partial charge in [0.05, 0.1) is 24.2 Å². The van der Waals surface area contributed by atoms with Gasteiger partial charge in [0.15, 0.2) is 0 Å². The first kappa shape index (κ1) is 12.6. The molecule has 0 saturated carbocycles. The quantitative estimate of drug-likeness (QED) is 0.899. The standard InChI is InChI=1S/C14H19N3O/c1-10(2)18-12-6-4-11(5-7-12)14(15)13-8-17(3)9-16-13/h4-10,14H,15H2,1-3H3. The monoisotopic (exact) mass is 245 g/mol. The Balaban J connectivity index is 2.14. The van der Waals surface area contributed by atoms with Crippen molar-refractivity contribution in [2.45, 2.75) is 26.0 Å². The normalized spacial score (nSPS) is 12.7. The lowest BCUT2D eigenvalue weighted by Gasteiger charge is -2.12. The van der Waals surface area contributed by atoms with Gasteiger partial charge >= 0.3 is 0 Å². The highest BCUT2D eigenvalue weighted by molar-refractivity contribution is 5.32. The van der Waals surface area contributed by atoms with Crippen molar-refractivity contribution in [1.29, 1.82) is 0 Å². The fourth-order valence-corrected chi connectivity index (χ4v) is 1.79. The Hall–Kier alpha value is -1.81. The van der Waals surface area contributed by atoms with Crippen LogP contribution >= 0.6 is 0 Å². The van der Waals surface area contributed by atoms with E-state index < -0.39 is 0 Å². The van der Waals surface area contributed by atoms with E-state index in [9.17, 15) is 0 Å². The van der Waals surface area contributed by atoms with Crippen molar-refractivity contribution in [3.05, 3.63) is 48.0 Å². The van der Waals surface area contributed by atoms with E-state index in [1.165, 1.54) is 0 Å². The van der Waals surface area contributed by atoms with Gasteiger partial charge in [-0.3, -0.25) is 0 Å². The molecule has 1 heterocycles. The largest absolute Gasteiger partial charge is 0.491 e. The minimum Gasteiger partial charge on any atom is -0.491 e. The van der Waals surface area contributed by atoms with Gasteiger partial charge in [-0.05, 0) is 31.5 Å². The maximum Gasteiger partial charge on any atom is 0.119 e. The van der Waals surface area contributed by atoms with Crippen molar-refractivity contribution in [2.24, 2.45) is 12.8 Å². The molecular weight excluding hydrogens is 226 g/mol. The minimum atomic E-state index is -0.195. The molecule has 0 amide bonds. The van der Waals surface area contributed by atoms with Crippen molar-refractivity contribution in [1.82, 2.24) is 9.55 Å². The van der Waals surface area contributed by atoms with E-state index in [-0.39, 0.29) is 12.1 Å². The summed E-state index contributed by atoms with van der Waals surface area (Å²) < 4.78 is 7.49. The average Bonchev–Trinajstić information content (AvgIpc) is 2.75. The van der Waals surface area contributed by atoms with Gasteiger partial charge < -0.3 is 15.0 Å². The summed E-state index contributed by atoms with van der Waals surface area (Å²) in [6, 6.07) is 7.66. The van der Waals surface area contributed by atoms with E-state index in [0.717, 1.165) is 17.0 Å². The number of hydrogen-bond acceptors (Lipinski definition) is 3. The zero-order chi connectivity index (χ0) is 13.1. The molecule has 0 saturated heterocycles. The van der Waals surface area contributed by atoms with Gasteiger partial charge in [0.1, 0.15) is 5.75 Å². The summed E-state index contributed by atoms with van der Waals surface area (Å²) in [5.74, 6) is 0.863. The van der Waals surface area contributed by atoms with E-state index >= 15 is 0 Å². The van der Waals surface area contributed by atoms with Crippen LogP contribution in [0.25, 0.3) is 0 Å².